The van der Waals surface area contributed by atoms with Crippen molar-refractivity contribution < 1.29 is 4.42 Å². The Balaban J connectivity index is 1.26. The summed E-state index contributed by atoms with van der Waals surface area (Å²) in [6.45, 7) is 0. The lowest BCUT2D eigenvalue weighted by Gasteiger charge is -2.10. The minimum atomic E-state index is 0.601. The lowest BCUT2D eigenvalue weighted by molar-refractivity contribution is 0.620. The molecule has 10 rings (SSSR count). The van der Waals surface area contributed by atoms with E-state index >= 15 is 0 Å². The van der Waals surface area contributed by atoms with E-state index in [1.807, 2.05) is 42.5 Å². The first kappa shape index (κ1) is 26.5. The molecule has 0 fully saturated rings. The van der Waals surface area contributed by atoms with Crippen LogP contribution in [0, 0.1) is 0 Å². The van der Waals surface area contributed by atoms with Crippen LogP contribution in [0.1, 0.15) is 0 Å². The third-order valence-corrected chi connectivity index (χ3v) is 10.9. The molecule has 47 heavy (non-hydrogen) atoms. The summed E-state index contributed by atoms with van der Waals surface area (Å²) in [4.78, 5) is 20.4. The molecule has 4 aromatic heterocycles. The summed E-state index contributed by atoms with van der Waals surface area (Å²) in [5.41, 5.74) is 5.44. The van der Waals surface area contributed by atoms with Gasteiger partial charge in [0.15, 0.2) is 23.1 Å². The van der Waals surface area contributed by atoms with Gasteiger partial charge >= 0.3 is 0 Å². The van der Waals surface area contributed by atoms with E-state index < -0.39 is 0 Å². The predicted molar refractivity (Wildman–Crippen MR) is 195 cm³/mol. The molecule has 0 aliphatic rings. The molecule has 0 spiro atoms. The van der Waals surface area contributed by atoms with Gasteiger partial charge in [0.05, 0.1) is 0 Å². The minimum Gasteiger partial charge on any atom is -0.436 e. The maximum absolute atomic E-state index is 6.30. The van der Waals surface area contributed by atoms with Crippen molar-refractivity contribution in [2.24, 2.45) is 0 Å². The Morgan fingerprint density at radius 3 is 1.89 bits per heavy atom. The highest BCUT2D eigenvalue weighted by atomic mass is 32.1. The molecular weight excluding hydrogens is 617 g/mol. The van der Waals surface area contributed by atoms with Crippen molar-refractivity contribution >= 4 is 74.1 Å². The van der Waals surface area contributed by atoms with E-state index in [1.54, 1.807) is 22.7 Å². The van der Waals surface area contributed by atoms with Crippen LogP contribution < -0.4 is 0 Å². The topological polar surface area (TPSA) is 64.7 Å². The summed E-state index contributed by atoms with van der Waals surface area (Å²) >= 11 is 3.53. The van der Waals surface area contributed by atoms with E-state index in [4.69, 9.17) is 24.4 Å². The normalized spacial score (nSPS) is 11.8. The van der Waals surface area contributed by atoms with Gasteiger partial charge in [0.25, 0.3) is 0 Å². The molecule has 10 aromatic rings. The number of oxazole rings is 1. The lowest BCUT2D eigenvalue weighted by Crippen LogP contribution is -2.00. The molecule has 220 valence electrons. The van der Waals surface area contributed by atoms with Gasteiger partial charge in [0, 0.05) is 62.6 Å². The van der Waals surface area contributed by atoms with Gasteiger partial charge in [-0.1, -0.05) is 91.0 Å². The first-order chi connectivity index (χ1) is 23.3. The maximum Gasteiger partial charge on any atom is 0.227 e. The van der Waals surface area contributed by atoms with Gasteiger partial charge < -0.3 is 4.42 Å². The van der Waals surface area contributed by atoms with Gasteiger partial charge in [-0.2, -0.15) is 0 Å². The molecule has 0 bridgehead atoms. The van der Waals surface area contributed by atoms with Gasteiger partial charge in [-0.3, -0.25) is 0 Å². The molecule has 0 amide bonds. The highest BCUT2D eigenvalue weighted by molar-refractivity contribution is 7.26. The number of hydrogen-bond donors (Lipinski definition) is 0. The number of benzene rings is 6. The fourth-order valence-corrected chi connectivity index (χ4v) is 8.84. The van der Waals surface area contributed by atoms with Crippen molar-refractivity contribution in [3.63, 3.8) is 0 Å². The molecule has 0 saturated carbocycles. The van der Waals surface area contributed by atoms with Crippen LogP contribution in [0.2, 0.25) is 0 Å². The lowest BCUT2D eigenvalue weighted by atomic mass is 10.0. The van der Waals surface area contributed by atoms with Gasteiger partial charge in [0.2, 0.25) is 5.89 Å². The molecule has 5 nitrogen and oxygen atoms in total. The summed E-state index contributed by atoms with van der Waals surface area (Å²) in [6, 6.07) is 45.7. The first-order valence-corrected chi connectivity index (χ1v) is 16.9. The fraction of sp³-hybridized carbons (Fsp3) is 0. The van der Waals surface area contributed by atoms with E-state index in [1.165, 1.54) is 20.2 Å². The number of aromatic nitrogens is 4. The van der Waals surface area contributed by atoms with E-state index in [9.17, 15) is 0 Å². The summed E-state index contributed by atoms with van der Waals surface area (Å²) in [7, 11) is 0. The molecule has 0 aliphatic heterocycles. The molecule has 6 aromatic carbocycles. The third kappa shape index (κ3) is 4.21. The quantitative estimate of drug-likeness (QED) is 0.192. The minimum absolute atomic E-state index is 0.601. The van der Waals surface area contributed by atoms with E-state index in [-0.39, 0.29) is 0 Å². The van der Waals surface area contributed by atoms with E-state index in [0.29, 0.717) is 23.4 Å². The summed E-state index contributed by atoms with van der Waals surface area (Å²) in [5, 5.41) is 4.62. The number of para-hydroxylation sites is 2. The number of thiophene rings is 2. The van der Waals surface area contributed by atoms with Crippen molar-refractivity contribution in [3.8, 4) is 45.6 Å². The van der Waals surface area contributed by atoms with Crippen molar-refractivity contribution in [2.75, 3.05) is 0 Å². The van der Waals surface area contributed by atoms with Crippen LogP contribution in [0.15, 0.2) is 138 Å². The Bertz CT molecular complexity index is 2780. The van der Waals surface area contributed by atoms with Crippen molar-refractivity contribution in [1.82, 2.24) is 19.9 Å². The van der Waals surface area contributed by atoms with Crippen LogP contribution in [0.5, 0.6) is 0 Å². The Hall–Kier alpha value is -5.76. The molecule has 0 saturated heterocycles. The zero-order valence-electron chi connectivity index (χ0n) is 24.7. The molecule has 0 aliphatic carbocycles. The van der Waals surface area contributed by atoms with Gasteiger partial charge in [-0.15, -0.1) is 22.7 Å². The van der Waals surface area contributed by atoms with Crippen LogP contribution in [0.25, 0.3) is 97.1 Å². The second-order valence-electron chi connectivity index (χ2n) is 11.4. The Morgan fingerprint density at radius 1 is 0.426 bits per heavy atom. The van der Waals surface area contributed by atoms with Crippen molar-refractivity contribution in [3.05, 3.63) is 133 Å². The summed E-state index contributed by atoms with van der Waals surface area (Å²) < 4.78 is 11.0. The number of nitrogens with zero attached hydrogens (tertiary/aromatic N) is 4. The third-order valence-electron chi connectivity index (χ3n) is 8.60. The fourth-order valence-electron chi connectivity index (χ4n) is 6.47. The zero-order valence-corrected chi connectivity index (χ0v) is 26.3. The second-order valence-corrected chi connectivity index (χ2v) is 13.5. The SMILES string of the molecule is c1ccc(-c2nc(-c3cccc4c3sc3ccccc34)nc(-c3cccc4sc5cccc(-c6nc7ccccc7o6)c5c34)n2)cc1. The summed E-state index contributed by atoms with van der Waals surface area (Å²) in [6.07, 6.45) is 0. The van der Waals surface area contributed by atoms with Crippen LogP contribution in [-0.4, -0.2) is 19.9 Å². The second kappa shape index (κ2) is 10.4. The van der Waals surface area contributed by atoms with Gasteiger partial charge in [-0.25, -0.2) is 19.9 Å². The number of hydrogen-bond acceptors (Lipinski definition) is 7. The van der Waals surface area contributed by atoms with Crippen molar-refractivity contribution in [2.45, 2.75) is 0 Å². The predicted octanol–water partition coefficient (Wildman–Crippen LogP) is 11.4. The average Bonchev–Trinajstić information content (AvgIpc) is 3.85. The average molecular weight is 639 g/mol. The van der Waals surface area contributed by atoms with Crippen molar-refractivity contribution in [1.29, 1.82) is 0 Å². The monoisotopic (exact) mass is 638 g/mol. The van der Waals surface area contributed by atoms with Crippen LogP contribution in [0.4, 0.5) is 0 Å². The zero-order chi connectivity index (χ0) is 30.9. The Labute approximate surface area is 276 Å². The molecular formula is C40H22N4OS2. The Kier molecular flexibility index (Phi) is 5.85. The van der Waals surface area contributed by atoms with E-state index in [0.717, 1.165) is 53.5 Å². The van der Waals surface area contributed by atoms with Crippen LogP contribution in [0.3, 0.4) is 0 Å². The number of rotatable bonds is 4. The molecule has 4 heterocycles. The highest BCUT2D eigenvalue weighted by Gasteiger charge is 2.21. The molecule has 0 unspecified atom stereocenters. The van der Waals surface area contributed by atoms with Crippen LogP contribution >= 0.6 is 22.7 Å². The Morgan fingerprint density at radius 2 is 1.04 bits per heavy atom. The molecule has 7 heteroatoms. The van der Waals surface area contributed by atoms with Gasteiger partial charge in [0.1, 0.15) is 5.52 Å². The first-order valence-electron chi connectivity index (χ1n) is 15.3. The van der Waals surface area contributed by atoms with E-state index in [2.05, 4.69) is 91.0 Å². The number of fused-ring (bicyclic) bond motifs is 7. The smallest absolute Gasteiger partial charge is 0.227 e. The van der Waals surface area contributed by atoms with Crippen LogP contribution in [-0.2, 0) is 0 Å². The largest absolute Gasteiger partial charge is 0.436 e. The highest BCUT2D eigenvalue weighted by Crippen LogP contribution is 2.45. The molecule has 0 N–H and O–H groups in total. The molecule has 0 radical (unpaired) electrons. The standard InChI is InChI=1S/C40H22N4OS2/c1-2-11-23(12-3-1)37-42-38(44-39(43-37)28-17-8-14-25-24-13-4-7-20-31(24)47-36(25)28)26-15-9-21-32-34(26)35-27(16-10-22-33(35)46-32)40-41-29-18-5-6-19-30(29)45-40/h1-22H. The van der Waals surface area contributed by atoms with Gasteiger partial charge in [-0.05, 0) is 42.5 Å². The molecule has 0 atom stereocenters. The summed E-state index contributed by atoms with van der Waals surface area (Å²) in [5.74, 6) is 2.52. The maximum atomic E-state index is 6.30.